The second-order valence-electron chi connectivity index (χ2n) is 5.74. The summed E-state index contributed by atoms with van der Waals surface area (Å²) in [5.41, 5.74) is 1.08. The third-order valence-corrected chi connectivity index (χ3v) is 3.29. The van der Waals surface area contributed by atoms with Crippen LogP contribution in [0, 0.1) is 5.92 Å². The first kappa shape index (κ1) is 18.0. The summed E-state index contributed by atoms with van der Waals surface area (Å²) >= 11 is 0. The summed E-state index contributed by atoms with van der Waals surface area (Å²) < 4.78 is 5.18. The van der Waals surface area contributed by atoms with Gasteiger partial charge in [0, 0.05) is 20.0 Å². The van der Waals surface area contributed by atoms with Crippen molar-refractivity contribution in [2.24, 2.45) is 5.92 Å². The van der Waals surface area contributed by atoms with E-state index in [2.05, 4.69) is 5.32 Å². The van der Waals surface area contributed by atoms with Crippen LogP contribution in [0.1, 0.15) is 26.3 Å². The number of nitrogens with one attached hydrogen (secondary N) is 1. The third kappa shape index (κ3) is 6.61. The number of ether oxygens (including phenoxy) is 1. The van der Waals surface area contributed by atoms with Crippen molar-refractivity contribution in [2.45, 2.75) is 27.2 Å². The lowest BCUT2D eigenvalue weighted by molar-refractivity contribution is -0.134. The molecule has 2 amide bonds. The Morgan fingerprint density at radius 2 is 2.05 bits per heavy atom. The highest BCUT2D eigenvalue weighted by molar-refractivity contribution is 5.83. The average molecular weight is 306 g/mol. The van der Waals surface area contributed by atoms with Crippen molar-refractivity contribution in [3.63, 3.8) is 0 Å². The summed E-state index contributed by atoms with van der Waals surface area (Å²) in [5, 5.41) is 2.83. The largest absolute Gasteiger partial charge is 0.497 e. The molecule has 0 atom stereocenters. The van der Waals surface area contributed by atoms with E-state index in [9.17, 15) is 9.59 Å². The lowest BCUT2D eigenvalue weighted by Gasteiger charge is -2.21. The lowest BCUT2D eigenvalue weighted by Crippen LogP contribution is -2.41. The zero-order valence-electron chi connectivity index (χ0n) is 13.9. The van der Waals surface area contributed by atoms with E-state index in [1.807, 2.05) is 38.1 Å². The predicted molar refractivity (Wildman–Crippen MR) is 86.8 cm³/mol. The first-order chi connectivity index (χ1) is 10.4. The zero-order valence-corrected chi connectivity index (χ0v) is 13.9. The van der Waals surface area contributed by atoms with Crippen LogP contribution >= 0.6 is 0 Å². The molecule has 0 unspecified atom stereocenters. The number of carbonyl (C=O) groups is 2. The minimum atomic E-state index is -0.116. The molecule has 0 aromatic heterocycles. The van der Waals surface area contributed by atoms with Gasteiger partial charge in [0.05, 0.1) is 13.7 Å². The van der Waals surface area contributed by atoms with E-state index in [-0.39, 0.29) is 18.4 Å². The van der Waals surface area contributed by atoms with E-state index in [1.54, 1.807) is 12.0 Å². The fraction of sp³-hybridized carbons (Fsp3) is 0.529. The van der Waals surface area contributed by atoms with Gasteiger partial charge in [0.15, 0.2) is 0 Å². The van der Waals surface area contributed by atoms with E-state index in [4.69, 9.17) is 4.74 Å². The van der Waals surface area contributed by atoms with Crippen molar-refractivity contribution in [2.75, 3.05) is 26.7 Å². The van der Waals surface area contributed by atoms with Crippen molar-refractivity contribution in [1.82, 2.24) is 10.2 Å². The van der Waals surface area contributed by atoms with E-state index in [0.29, 0.717) is 25.4 Å². The lowest BCUT2D eigenvalue weighted by atomic mass is 10.1. The van der Waals surface area contributed by atoms with Crippen molar-refractivity contribution in [3.05, 3.63) is 29.8 Å². The Kier molecular flexibility index (Phi) is 7.43. The molecule has 0 saturated heterocycles. The van der Waals surface area contributed by atoms with Gasteiger partial charge < -0.3 is 15.0 Å². The highest BCUT2D eigenvalue weighted by atomic mass is 16.5. The Morgan fingerprint density at radius 3 is 2.64 bits per heavy atom. The molecule has 0 aliphatic heterocycles. The summed E-state index contributed by atoms with van der Waals surface area (Å²) in [5.74, 6) is 0.977. The molecule has 5 nitrogen and oxygen atoms in total. The van der Waals surface area contributed by atoms with Gasteiger partial charge in [0.1, 0.15) is 5.75 Å². The number of rotatable bonds is 8. The monoisotopic (exact) mass is 306 g/mol. The van der Waals surface area contributed by atoms with Crippen LogP contribution in [-0.2, 0) is 16.0 Å². The number of hydrogen-bond donors (Lipinski definition) is 1. The van der Waals surface area contributed by atoms with Gasteiger partial charge in [-0.05, 0) is 30.0 Å². The van der Waals surface area contributed by atoms with Crippen LogP contribution in [0.25, 0.3) is 0 Å². The highest BCUT2D eigenvalue weighted by Crippen LogP contribution is 2.13. The maximum atomic E-state index is 11.8. The van der Waals surface area contributed by atoms with E-state index in [1.165, 1.54) is 6.92 Å². The van der Waals surface area contributed by atoms with Gasteiger partial charge in [-0.15, -0.1) is 0 Å². The number of benzene rings is 1. The van der Waals surface area contributed by atoms with Crippen molar-refractivity contribution >= 4 is 11.8 Å². The molecule has 0 saturated carbocycles. The Hall–Kier alpha value is -2.04. The number of amides is 2. The number of hydrogen-bond acceptors (Lipinski definition) is 3. The summed E-state index contributed by atoms with van der Waals surface area (Å²) in [6.07, 6.45) is 0.689. The van der Waals surface area contributed by atoms with Crippen LogP contribution in [0.15, 0.2) is 24.3 Å². The van der Waals surface area contributed by atoms with Gasteiger partial charge in [-0.3, -0.25) is 9.59 Å². The normalized spacial score (nSPS) is 10.4. The van der Waals surface area contributed by atoms with Gasteiger partial charge in [-0.2, -0.15) is 0 Å². The van der Waals surface area contributed by atoms with Crippen LogP contribution in [0.5, 0.6) is 5.75 Å². The molecule has 0 bridgehead atoms. The molecule has 1 rings (SSSR count). The van der Waals surface area contributed by atoms with Crippen molar-refractivity contribution < 1.29 is 14.3 Å². The molecule has 0 spiro atoms. The molecule has 1 N–H and O–H groups in total. The number of nitrogens with zero attached hydrogens (tertiary/aromatic N) is 1. The number of carbonyl (C=O) groups excluding carboxylic acids is 2. The van der Waals surface area contributed by atoms with Crippen LogP contribution < -0.4 is 10.1 Å². The molecule has 0 fully saturated rings. The van der Waals surface area contributed by atoms with Crippen LogP contribution in [0.2, 0.25) is 0 Å². The topological polar surface area (TPSA) is 58.6 Å². The second-order valence-corrected chi connectivity index (χ2v) is 5.74. The number of methoxy groups -OCH3 is 1. The molecule has 0 heterocycles. The van der Waals surface area contributed by atoms with Crippen molar-refractivity contribution in [3.8, 4) is 5.75 Å². The van der Waals surface area contributed by atoms with Gasteiger partial charge in [0.2, 0.25) is 11.8 Å². The first-order valence-electron chi connectivity index (χ1n) is 7.57. The van der Waals surface area contributed by atoms with Gasteiger partial charge >= 0.3 is 0 Å². The maximum absolute atomic E-state index is 11.8. The Labute approximate surface area is 132 Å². The molecular weight excluding hydrogens is 280 g/mol. The SMILES string of the molecule is COc1cccc(CCN(CC(=O)NCC(C)C)C(C)=O)c1. The van der Waals surface area contributed by atoms with Gasteiger partial charge in [-0.1, -0.05) is 26.0 Å². The van der Waals surface area contributed by atoms with E-state index < -0.39 is 0 Å². The van der Waals surface area contributed by atoms with Crippen LogP contribution in [0.4, 0.5) is 0 Å². The Balaban J connectivity index is 2.53. The Bertz CT molecular complexity index is 500. The molecule has 5 heteroatoms. The maximum Gasteiger partial charge on any atom is 0.239 e. The zero-order chi connectivity index (χ0) is 16.5. The fourth-order valence-corrected chi connectivity index (χ4v) is 1.99. The molecule has 122 valence electrons. The first-order valence-corrected chi connectivity index (χ1v) is 7.57. The second kappa shape index (κ2) is 9.07. The highest BCUT2D eigenvalue weighted by Gasteiger charge is 2.13. The molecular formula is C17H26N2O3. The van der Waals surface area contributed by atoms with E-state index in [0.717, 1.165) is 11.3 Å². The van der Waals surface area contributed by atoms with Gasteiger partial charge in [0.25, 0.3) is 0 Å². The van der Waals surface area contributed by atoms with Crippen molar-refractivity contribution in [1.29, 1.82) is 0 Å². The average Bonchev–Trinajstić information content (AvgIpc) is 2.49. The van der Waals surface area contributed by atoms with E-state index >= 15 is 0 Å². The molecule has 0 radical (unpaired) electrons. The predicted octanol–water partition coefficient (Wildman–Crippen LogP) is 1.86. The standard InChI is InChI=1S/C17H26N2O3/c1-13(2)11-18-17(21)12-19(14(3)20)9-8-15-6-5-7-16(10-15)22-4/h5-7,10,13H,8-9,11-12H2,1-4H3,(H,18,21). The smallest absolute Gasteiger partial charge is 0.239 e. The summed E-state index contributed by atoms with van der Waals surface area (Å²) in [6.45, 7) is 6.79. The summed E-state index contributed by atoms with van der Waals surface area (Å²) in [6, 6.07) is 7.73. The molecule has 1 aromatic rings. The van der Waals surface area contributed by atoms with Crippen LogP contribution in [0.3, 0.4) is 0 Å². The quantitative estimate of drug-likeness (QED) is 0.797. The minimum Gasteiger partial charge on any atom is -0.497 e. The molecule has 22 heavy (non-hydrogen) atoms. The molecule has 0 aliphatic carbocycles. The summed E-state index contributed by atoms with van der Waals surface area (Å²) in [7, 11) is 1.63. The van der Waals surface area contributed by atoms with Gasteiger partial charge in [-0.25, -0.2) is 0 Å². The molecule has 1 aromatic carbocycles. The minimum absolute atomic E-state index is 0.0948. The third-order valence-electron chi connectivity index (χ3n) is 3.29. The molecule has 0 aliphatic rings. The van der Waals surface area contributed by atoms with Crippen LogP contribution in [-0.4, -0.2) is 43.5 Å². The fourth-order valence-electron chi connectivity index (χ4n) is 1.99. The Morgan fingerprint density at radius 1 is 1.32 bits per heavy atom. The summed E-state index contributed by atoms with van der Waals surface area (Å²) in [4.78, 5) is 25.1.